The van der Waals surface area contributed by atoms with Crippen LogP contribution in [0.25, 0.3) is 33.2 Å². The third-order valence-corrected chi connectivity index (χ3v) is 4.29. The van der Waals surface area contributed by atoms with Gasteiger partial charge in [0.15, 0.2) is 5.58 Å². The number of fused-ring (bicyclic) bond motifs is 3. The average Bonchev–Trinajstić information content (AvgIpc) is 2.96. The largest absolute Gasteiger partial charge is 0.454 e. The van der Waals surface area contributed by atoms with Gasteiger partial charge in [-0.1, -0.05) is 24.3 Å². The molecule has 23 heavy (non-hydrogen) atoms. The van der Waals surface area contributed by atoms with Crippen LogP contribution >= 0.6 is 0 Å². The summed E-state index contributed by atoms with van der Waals surface area (Å²) >= 11 is 0. The molecule has 4 aromatic rings. The molecule has 0 amide bonds. The lowest BCUT2D eigenvalue weighted by Gasteiger charge is -2.05. The Bertz CT molecular complexity index is 1100. The van der Waals surface area contributed by atoms with E-state index in [4.69, 9.17) is 4.42 Å². The molecule has 0 bridgehead atoms. The van der Waals surface area contributed by atoms with Gasteiger partial charge in [-0.15, -0.1) is 0 Å². The Hall–Kier alpha value is -3.12. The Labute approximate surface area is 133 Å². The van der Waals surface area contributed by atoms with Gasteiger partial charge in [0.05, 0.1) is 11.3 Å². The fourth-order valence-electron chi connectivity index (χ4n) is 2.88. The van der Waals surface area contributed by atoms with E-state index in [0.29, 0.717) is 11.1 Å². The van der Waals surface area contributed by atoms with Crippen LogP contribution in [0.2, 0.25) is 0 Å². The van der Waals surface area contributed by atoms with Crippen LogP contribution in [0.1, 0.15) is 16.7 Å². The van der Waals surface area contributed by atoms with E-state index in [1.54, 1.807) is 6.07 Å². The van der Waals surface area contributed by atoms with Gasteiger partial charge in [0.2, 0.25) is 0 Å². The van der Waals surface area contributed by atoms with E-state index in [1.807, 2.05) is 43.5 Å². The molecule has 0 N–H and O–H groups in total. The number of nitrogens with zero attached hydrogens (tertiary/aromatic N) is 2. The van der Waals surface area contributed by atoms with E-state index in [-0.39, 0.29) is 0 Å². The van der Waals surface area contributed by atoms with Crippen molar-refractivity contribution in [2.24, 2.45) is 0 Å². The lowest BCUT2D eigenvalue weighted by molar-refractivity contribution is 0.668. The third-order valence-electron chi connectivity index (χ3n) is 4.29. The van der Waals surface area contributed by atoms with E-state index < -0.39 is 0 Å². The van der Waals surface area contributed by atoms with Crippen LogP contribution in [-0.2, 0) is 0 Å². The second-order valence-electron chi connectivity index (χ2n) is 5.73. The number of hydrogen-bond acceptors (Lipinski definition) is 3. The molecule has 0 aliphatic rings. The second kappa shape index (κ2) is 4.96. The Morgan fingerprint density at radius 2 is 1.70 bits per heavy atom. The zero-order valence-electron chi connectivity index (χ0n) is 12.9. The molecule has 0 fully saturated rings. The highest BCUT2D eigenvalue weighted by Crippen LogP contribution is 2.36. The molecule has 2 aromatic heterocycles. The summed E-state index contributed by atoms with van der Waals surface area (Å²) in [6.07, 6.45) is 1.88. The van der Waals surface area contributed by atoms with E-state index >= 15 is 0 Å². The van der Waals surface area contributed by atoms with Crippen LogP contribution in [0.3, 0.4) is 0 Å². The molecule has 2 aromatic carbocycles. The van der Waals surface area contributed by atoms with Crippen LogP contribution in [0, 0.1) is 25.2 Å². The quantitative estimate of drug-likeness (QED) is 0.489. The zero-order valence-corrected chi connectivity index (χ0v) is 12.9. The fraction of sp³-hybridized carbons (Fsp3) is 0.100. The van der Waals surface area contributed by atoms with E-state index in [2.05, 4.69) is 24.0 Å². The molecule has 4 rings (SSSR count). The van der Waals surface area contributed by atoms with Gasteiger partial charge < -0.3 is 4.42 Å². The lowest BCUT2D eigenvalue weighted by atomic mass is 10.0. The summed E-state index contributed by atoms with van der Waals surface area (Å²) in [5.41, 5.74) is 6.17. The van der Waals surface area contributed by atoms with Gasteiger partial charge in [-0.05, 0) is 43.2 Å². The highest BCUT2D eigenvalue weighted by Gasteiger charge is 2.15. The summed E-state index contributed by atoms with van der Waals surface area (Å²) in [5.74, 6) is 0. The highest BCUT2D eigenvalue weighted by atomic mass is 16.3. The summed E-state index contributed by atoms with van der Waals surface area (Å²) in [5, 5.41) is 11.3. The number of nitriles is 1. The Morgan fingerprint density at radius 1 is 0.957 bits per heavy atom. The fourth-order valence-corrected chi connectivity index (χ4v) is 2.88. The zero-order chi connectivity index (χ0) is 16.0. The summed E-state index contributed by atoms with van der Waals surface area (Å²) in [7, 11) is 0. The molecule has 0 saturated heterocycles. The van der Waals surface area contributed by atoms with E-state index in [9.17, 15) is 5.26 Å². The number of benzene rings is 2. The number of aromatic nitrogens is 1. The number of hydrogen-bond donors (Lipinski definition) is 0. The van der Waals surface area contributed by atoms with Crippen molar-refractivity contribution in [3.05, 3.63) is 65.4 Å². The van der Waals surface area contributed by atoms with Gasteiger partial charge in [0.25, 0.3) is 0 Å². The molecule has 0 unspecified atom stereocenters. The summed E-state index contributed by atoms with van der Waals surface area (Å²) < 4.78 is 6.07. The Balaban J connectivity index is 2.09. The molecule has 2 heterocycles. The molecule has 0 atom stereocenters. The van der Waals surface area contributed by atoms with Crippen molar-refractivity contribution >= 4 is 21.9 Å². The second-order valence-corrected chi connectivity index (χ2v) is 5.73. The molecule has 0 spiro atoms. The van der Waals surface area contributed by atoms with Gasteiger partial charge in [0.1, 0.15) is 11.7 Å². The number of rotatable bonds is 1. The smallest absolute Gasteiger partial charge is 0.153 e. The molecular weight excluding hydrogens is 284 g/mol. The standard InChI is InChI=1S/C20H14N2O/c1-12-9-18(22-11-13(12)2)17-8-4-7-16-15-6-3-5-14(10-21)19(15)23-20(16)17/h3-9,11H,1-2H3. The van der Waals surface area contributed by atoms with Gasteiger partial charge in [-0.3, -0.25) is 4.98 Å². The maximum Gasteiger partial charge on any atom is 0.153 e. The van der Waals surface area contributed by atoms with Crippen molar-refractivity contribution in [2.75, 3.05) is 0 Å². The minimum absolute atomic E-state index is 0.553. The number of pyridine rings is 1. The van der Waals surface area contributed by atoms with Crippen molar-refractivity contribution < 1.29 is 4.42 Å². The number of furan rings is 1. The number of para-hydroxylation sites is 2. The Kier molecular flexibility index (Phi) is 2.92. The first kappa shape index (κ1) is 13.5. The molecule has 110 valence electrons. The van der Waals surface area contributed by atoms with Crippen LogP contribution in [0.4, 0.5) is 0 Å². The van der Waals surface area contributed by atoms with Crippen molar-refractivity contribution in [3.63, 3.8) is 0 Å². The maximum absolute atomic E-state index is 9.29. The van der Waals surface area contributed by atoms with Crippen LogP contribution in [0.15, 0.2) is 53.1 Å². The molecule has 0 saturated carbocycles. The van der Waals surface area contributed by atoms with Gasteiger partial charge in [-0.2, -0.15) is 5.26 Å². The van der Waals surface area contributed by atoms with Crippen molar-refractivity contribution in [2.45, 2.75) is 13.8 Å². The molecule has 0 aliphatic heterocycles. The van der Waals surface area contributed by atoms with Crippen LogP contribution < -0.4 is 0 Å². The topological polar surface area (TPSA) is 49.8 Å². The van der Waals surface area contributed by atoms with Crippen molar-refractivity contribution in [1.82, 2.24) is 4.98 Å². The summed E-state index contributed by atoms with van der Waals surface area (Å²) in [4.78, 5) is 4.55. The molecule has 3 nitrogen and oxygen atoms in total. The maximum atomic E-state index is 9.29. The summed E-state index contributed by atoms with van der Waals surface area (Å²) in [6, 6.07) is 15.9. The lowest BCUT2D eigenvalue weighted by Crippen LogP contribution is -1.88. The Morgan fingerprint density at radius 3 is 2.43 bits per heavy atom. The van der Waals surface area contributed by atoms with Gasteiger partial charge in [0, 0.05) is 22.5 Å². The minimum atomic E-state index is 0.553. The predicted molar refractivity (Wildman–Crippen MR) is 91.1 cm³/mol. The predicted octanol–water partition coefficient (Wildman–Crippen LogP) is 5.14. The first-order valence-electron chi connectivity index (χ1n) is 7.47. The van der Waals surface area contributed by atoms with E-state index in [1.165, 1.54) is 5.56 Å². The van der Waals surface area contributed by atoms with Gasteiger partial charge in [-0.25, -0.2) is 0 Å². The normalized spacial score (nSPS) is 11.0. The van der Waals surface area contributed by atoms with Crippen molar-refractivity contribution in [3.8, 4) is 17.3 Å². The van der Waals surface area contributed by atoms with Crippen LogP contribution in [-0.4, -0.2) is 4.98 Å². The third kappa shape index (κ3) is 2.00. The average molecular weight is 298 g/mol. The SMILES string of the molecule is Cc1cnc(-c2cccc3c2oc2c(C#N)cccc23)cc1C. The highest BCUT2D eigenvalue weighted by molar-refractivity contribution is 6.10. The van der Waals surface area contributed by atoms with E-state index in [0.717, 1.165) is 33.2 Å². The minimum Gasteiger partial charge on any atom is -0.454 e. The molecular formula is C20H14N2O. The molecule has 0 aliphatic carbocycles. The molecule has 3 heteroatoms. The number of aryl methyl sites for hydroxylation is 2. The first-order valence-corrected chi connectivity index (χ1v) is 7.47. The van der Waals surface area contributed by atoms with Crippen LogP contribution in [0.5, 0.6) is 0 Å². The van der Waals surface area contributed by atoms with Gasteiger partial charge >= 0.3 is 0 Å². The molecule has 0 radical (unpaired) electrons. The van der Waals surface area contributed by atoms with Crippen molar-refractivity contribution in [1.29, 1.82) is 5.26 Å². The first-order chi connectivity index (χ1) is 11.2. The summed E-state index contributed by atoms with van der Waals surface area (Å²) in [6.45, 7) is 4.13. The monoisotopic (exact) mass is 298 g/mol.